The van der Waals surface area contributed by atoms with Crippen molar-refractivity contribution < 1.29 is 26.4 Å². The van der Waals surface area contributed by atoms with Crippen molar-refractivity contribution in [3.63, 3.8) is 0 Å². The molecule has 0 radical (unpaired) electrons. The fourth-order valence-electron chi connectivity index (χ4n) is 3.91. The fourth-order valence-corrected chi connectivity index (χ4v) is 5.57. The zero-order chi connectivity index (χ0) is 26.7. The first-order valence-electron chi connectivity index (χ1n) is 11.2. The third-order valence-electron chi connectivity index (χ3n) is 5.71. The Labute approximate surface area is 213 Å². The molecule has 3 aromatic carbocycles. The van der Waals surface area contributed by atoms with Gasteiger partial charge in [0.15, 0.2) is 0 Å². The molecular formula is C26H26ClF3N2O3S. The summed E-state index contributed by atoms with van der Waals surface area (Å²) < 4.78 is 68.1. The Morgan fingerprint density at radius 1 is 1.03 bits per heavy atom. The molecule has 0 saturated carbocycles. The SMILES string of the molecule is CCC(NC(=O)CN(c1ccc(Cl)c(C(F)(F)F)c1)S(=O)(=O)c1ccccc1)c1ccc(C)cc1C. The molecule has 0 fully saturated rings. The highest BCUT2D eigenvalue weighted by Crippen LogP contribution is 2.38. The van der Waals surface area contributed by atoms with E-state index in [4.69, 9.17) is 11.6 Å². The van der Waals surface area contributed by atoms with Crippen LogP contribution in [0.5, 0.6) is 0 Å². The van der Waals surface area contributed by atoms with E-state index in [1.807, 2.05) is 39.0 Å². The van der Waals surface area contributed by atoms with Crippen LogP contribution in [0.25, 0.3) is 0 Å². The molecule has 1 atom stereocenters. The smallest absolute Gasteiger partial charge is 0.348 e. The molecule has 1 N–H and O–H groups in total. The van der Waals surface area contributed by atoms with Crippen LogP contribution in [0.4, 0.5) is 18.9 Å². The number of benzene rings is 3. The number of anilines is 1. The molecule has 36 heavy (non-hydrogen) atoms. The molecule has 0 aromatic heterocycles. The summed E-state index contributed by atoms with van der Waals surface area (Å²) in [6.07, 6.45) is -4.28. The summed E-state index contributed by atoms with van der Waals surface area (Å²) in [5.41, 5.74) is 1.37. The van der Waals surface area contributed by atoms with E-state index < -0.39 is 45.3 Å². The molecule has 0 spiro atoms. The quantitative estimate of drug-likeness (QED) is 0.359. The van der Waals surface area contributed by atoms with Crippen LogP contribution in [0, 0.1) is 13.8 Å². The van der Waals surface area contributed by atoms with Gasteiger partial charge in [-0.15, -0.1) is 0 Å². The number of carbonyl (C=O) groups excluding carboxylic acids is 1. The van der Waals surface area contributed by atoms with Crippen LogP contribution in [0.1, 0.15) is 41.6 Å². The second-order valence-electron chi connectivity index (χ2n) is 8.38. The maximum absolute atomic E-state index is 13.5. The average molecular weight is 539 g/mol. The number of hydrogen-bond donors (Lipinski definition) is 1. The van der Waals surface area contributed by atoms with Gasteiger partial charge in [-0.2, -0.15) is 13.2 Å². The Kier molecular flexibility index (Phi) is 8.36. The third kappa shape index (κ3) is 6.20. The zero-order valence-corrected chi connectivity index (χ0v) is 21.5. The van der Waals surface area contributed by atoms with E-state index in [-0.39, 0.29) is 10.6 Å². The summed E-state index contributed by atoms with van der Waals surface area (Å²) in [5.74, 6) is -0.662. The van der Waals surface area contributed by atoms with E-state index in [2.05, 4.69) is 5.32 Å². The second kappa shape index (κ2) is 10.9. The van der Waals surface area contributed by atoms with E-state index in [1.54, 1.807) is 6.07 Å². The number of nitrogens with zero attached hydrogens (tertiary/aromatic N) is 1. The minimum absolute atomic E-state index is 0.164. The van der Waals surface area contributed by atoms with E-state index in [0.29, 0.717) is 16.8 Å². The Hall–Kier alpha value is -3.04. The highest BCUT2D eigenvalue weighted by Gasteiger charge is 2.35. The number of hydrogen-bond acceptors (Lipinski definition) is 3. The van der Waals surface area contributed by atoms with Crippen molar-refractivity contribution in [2.45, 2.75) is 44.3 Å². The van der Waals surface area contributed by atoms with E-state index in [9.17, 15) is 26.4 Å². The Bertz CT molecular complexity index is 1350. The lowest BCUT2D eigenvalue weighted by Gasteiger charge is -2.27. The highest BCUT2D eigenvalue weighted by atomic mass is 35.5. The number of amides is 1. The Morgan fingerprint density at radius 3 is 2.28 bits per heavy atom. The lowest BCUT2D eigenvalue weighted by Crippen LogP contribution is -2.42. The summed E-state index contributed by atoms with van der Waals surface area (Å²) >= 11 is 5.74. The molecule has 1 unspecified atom stereocenters. The number of sulfonamides is 1. The van der Waals surface area contributed by atoms with Crippen LogP contribution in [-0.2, 0) is 21.0 Å². The molecule has 3 rings (SSSR count). The number of rotatable bonds is 8. The van der Waals surface area contributed by atoms with Gasteiger partial charge in [0, 0.05) is 0 Å². The number of halogens is 4. The number of aryl methyl sites for hydroxylation is 2. The zero-order valence-electron chi connectivity index (χ0n) is 19.9. The Morgan fingerprint density at radius 2 is 1.69 bits per heavy atom. The summed E-state index contributed by atoms with van der Waals surface area (Å²) in [4.78, 5) is 12.9. The minimum Gasteiger partial charge on any atom is -0.348 e. The van der Waals surface area contributed by atoms with Crippen molar-refractivity contribution in [1.82, 2.24) is 5.32 Å². The van der Waals surface area contributed by atoms with Crippen LogP contribution < -0.4 is 9.62 Å². The van der Waals surface area contributed by atoms with Gasteiger partial charge in [0.05, 0.1) is 27.2 Å². The topological polar surface area (TPSA) is 66.5 Å². The predicted molar refractivity (Wildman–Crippen MR) is 135 cm³/mol. The summed E-state index contributed by atoms with van der Waals surface area (Å²) in [7, 11) is -4.38. The van der Waals surface area contributed by atoms with Crippen LogP contribution in [0.3, 0.4) is 0 Å². The molecule has 0 aliphatic heterocycles. The normalized spacial score (nSPS) is 12.8. The predicted octanol–water partition coefficient (Wildman–Crippen LogP) is 6.44. The monoisotopic (exact) mass is 538 g/mol. The number of nitrogens with one attached hydrogen (secondary N) is 1. The molecule has 1 amide bonds. The van der Waals surface area contributed by atoms with Crippen molar-refractivity contribution in [1.29, 1.82) is 0 Å². The molecule has 10 heteroatoms. The van der Waals surface area contributed by atoms with Crippen LogP contribution in [0.2, 0.25) is 5.02 Å². The van der Waals surface area contributed by atoms with Gasteiger partial charge in [-0.25, -0.2) is 8.42 Å². The first-order chi connectivity index (χ1) is 16.8. The van der Waals surface area contributed by atoms with Gasteiger partial charge in [-0.1, -0.05) is 60.5 Å². The summed E-state index contributed by atoms with van der Waals surface area (Å²) in [6.45, 7) is 5.01. The number of alkyl halides is 3. The summed E-state index contributed by atoms with van der Waals surface area (Å²) in [6, 6.07) is 15.3. The minimum atomic E-state index is -4.81. The van der Waals surface area contributed by atoms with E-state index in [1.165, 1.54) is 24.3 Å². The largest absolute Gasteiger partial charge is 0.417 e. The van der Waals surface area contributed by atoms with Gasteiger partial charge >= 0.3 is 6.18 Å². The van der Waals surface area contributed by atoms with Crippen LogP contribution >= 0.6 is 11.6 Å². The average Bonchev–Trinajstić information content (AvgIpc) is 2.81. The maximum atomic E-state index is 13.5. The van der Waals surface area contributed by atoms with Crippen LogP contribution in [0.15, 0.2) is 71.6 Å². The van der Waals surface area contributed by atoms with Crippen molar-refractivity contribution >= 4 is 33.2 Å². The fraction of sp³-hybridized carbons (Fsp3) is 0.269. The molecule has 0 heterocycles. The van der Waals surface area contributed by atoms with Crippen LogP contribution in [-0.4, -0.2) is 20.9 Å². The van der Waals surface area contributed by atoms with E-state index >= 15 is 0 Å². The highest BCUT2D eigenvalue weighted by molar-refractivity contribution is 7.92. The molecule has 0 saturated heterocycles. The molecular weight excluding hydrogens is 513 g/mol. The molecule has 0 aliphatic carbocycles. The lowest BCUT2D eigenvalue weighted by molar-refractivity contribution is -0.137. The molecule has 5 nitrogen and oxygen atoms in total. The van der Waals surface area contributed by atoms with Gasteiger partial charge in [-0.05, 0) is 61.7 Å². The molecule has 192 valence electrons. The molecule has 3 aromatic rings. The van der Waals surface area contributed by atoms with Gasteiger partial charge in [-0.3, -0.25) is 9.10 Å². The van der Waals surface area contributed by atoms with Gasteiger partial charge in [0.1, 0.15) is 6.54 Å². The van der Waals surface area contributed by atoms with Gasteiger partial charge in [0.2, 0.25) is 5.91 Å². The van der Waals surface area contributed by atoms with Crippen molar-refractivity contribution in [2.75, 3.05) is 10.8 Å². The molecule has 0 aliphatic rings. The van der Waals surface area contributed by atoms with Gasteiger partial charge in [0.25, 0.3) is 10.0 Å². The first kappa shape index (κ1) is 27.5. The van der Waals surface area contributed by atoms with Crippen molar-refractivity contribution in [3.05, 3.63) is 94.0 Å². The summed E-state index contributed by atoms with van der Waals surface area (Å²) in [5, 5.41) is 2.25. The first-order valence-corrected chi connectivity index (χ1v) is 13.0. The lowest BCUT2D eigenvalue weighted by atomic mass is 9.97. The maximum Gasteiger partial charge on any atom is 0.417 e. The number of carbonyl (C=O) groups is 1. The van der Waals surface area contributed by atoms with E-state index in [0.717, 1.165) is 28.8 Å². The Balaban J connectivity index is 2.01. The molecule has 0 bridgehead atoms. The van der Waals surface area contributed by atoms with Crippen molar-refractivity contribution in [2.24, 2.45) is 0 Å². The van der Waals surface area contributed by atoms with Crippen molar-refractivity contribution in [3.8, 4) is 0 Å². The second-order valence-corrected chi connectivity index (χ2v) is 10.6. The van der Waals surface area contributed by atoms with Gasteiger partial charge < -0.3 is 5.32 Å². The third-order valence-corrected chi connectivity index (χ3v) is 7.82. The standard InChI is InChI=1S/C26H26ClF3N2O3S/c1-4-24(21-12-10-17(2)14-18(21)3)31-25(33)16-32(36(34,35)20-8-6-5-7-9-20)19-11-13-23(27)22(15-19)26(28,29)30/h5-15,24H,4,16H2,1-3H3,(H,31,33).